The van der Waals surface area contributed by atoms with Crippen LogP contribution < -0.4 is 0 Å². The highest BCUT2D eigenvalue weighted by molar-refractivity contribution is 6.09. The van der Waals surface area contributed by atoms with Gasteiger partial charge in [-0.2, -0.15) is 0 Å². The normalized spacial score (nSPS) is 10.3. The smallest absolute Gasteiger partial charge is 0.338 e. The summed E-state index contributed by atoms with van der Waals surface area (Å²) in [6.07, 6.45) is 2.53. The molecule has 1 N–H and O–H groups in total. The molecule has 0 aliphatic carbocycles. The number of ether oxygens (including phenoxy) is 1. The van der Waals surface area contributed by atoms with Gasteiger partial charge in [0.1, 0.15) is 0 Å². The largest absolute Gasteiger partial charge is 0.462 e. The van der Waals surface area contributed by atoms with E-state index in [-0.39, 0.29) is 5.78 Å². The van der Waals surface area contributed by atoms with Crippen LogP contribution in [0.1, 0.15) is 45.8 Å². The van der Waals surface area contributed by atoms with E-state index in [1.165, 1.54) is 0 Å². The van der Waals surface area contributed by atoms with Crippen LogP contribution in [0.25, 0.3) is 0 Å². The number of carbonyl (C=O) groups excluding carboxylic acids is 2. The van der Waals surface area contributed by atoms with E-state index in [9.17, 15) is 9.59 Å². The second-order valence-corrected chi connectivity index (χ2v) is 4.36. The van der Waals surface area contributed by atoms with Crippen molar-refractivity contribution >= 4 is 11.8 Å². The molecule has 2 rings (SSSR count). The van der Waals surface area contributed by atoms with Crippen LogP contribution in [0.3, 0.4) is 0 Å². The Labute approximate surface area is 117 Å². The summed E-state index contributed by atoms with van der Waals surface area (Å²) in [5.74, 6) is -0.526. The fourth-order valence-corrected chi connectivity index (χ4v) is 2.05. The summed E-state index contributed by atoms with van der Waals surface area (Å²) in [5.41, 5.74) is 2.42. The van der Waals surface area contributed by atoms with Crippen molar-refractivity contribution < 1.29 is 14.3 Å². The highest BCUT2D eigenvalue weighted by Crippen LogP contribution is 2.15. The molecular weight excluding hydrogens is 254 g/mol. The van der Waals surface area contributed by atoms with Crippen LogP contribution in [0, 0.1) is 0 Å². The molecule has 1 heterocycles. The van der Waals surface area contributed by atoms with Gasteiger partial charge in [-0.25, -0.2) is 4.79 Å². The number of hydrogen-bond donors (Lipinski definition) is 1. The van der Waals surface area contributed by atoms with E-state index in [4.69, 9.17) is 4.74 Å². The molecule has 0 spiro atoms. The van der Waals surface area contributed by atoms with Gasteiger partial charge in [0.25, 0.3) is 0 Å². The lowest BCUT2D eigenvalue weighted by Crippen LogP contribution is -2.08. The Morgan fingerprint density at radius 2 is 1.90 bits per heavy atom. The number of aryl methyl sites for hydroxylation is 1. The van der Waals surface area contributed by atoms with Crippen molar-refractivity contribution in [3.8, 4) is 0 Å². The zero-order valence-electron chi connectivity index (χ0n) is 11.6. The van der Waals surface area contributed by atoms with Gasteiger partial charge in [0.2, 0.25) is 5.78 Å². The van der Waals surface area contributed by atoms with Crippen molar-refractivity contribution in [2.75, 3.05) is 6.61 Å². The molecule has 0 amide bonds. The van der Waals surface area contributed by atoms with Crippen LogP contribution in [0.5, 0.6) is 0 Å². The zero-order valence-corrected chi connectivity index (χ0v) is 11.6. The minimum absolute atomic E-state index is 0.113. The predicted molar refractivity (Wildman–Crippen MR) is 76.0 cm³/mol. The fourth-order valence-electron chi connectivity index (χ4n) is 2.05. The molecule has 1 aromatic heterocycles. The summed E-state index contributed by atoms with van der Waals surface area (Å²) in [5, 5.41) is 0. The van der Waals surface area contributed by atoms with Gasteiger partial charge in [-0.3, -0.25) is 4.79 Å². The summed E-state index contributed by atoms with van der Waals surface area (Å²) in [6.45, 7) is 4.06. The number of carbonyl (C=O) groups is 2. The van der Waals surface area contributed by atoms with Crippen molar-refractivity contribution in [3.05, 3.63) is 58.9 Å². The van der Waals surface area contributed by atoms with Gasteiger partial charge in [0.05, 0.1) is 17.9 Å². The Morgan fingerprint density at radius 3 is 2.60 bits per heavy atom. The summed E-state index contributed by atoms with van der Waals surface area (Å²) in [7, 11) is 0. The standard InChI is InChI=1S/C16H17NO3/c1-3-11-8-9-17-14(11)15(18)12-6-5-7-13(10-12)16(19)20-4-2/h5-10,17H,3-4H2,1-2H3. The number of hydrogen-bond acceptors (Lipinski definition) is 3. The number of aromatic nitrogens is 1. The molecule has 0 bridgehead atoms. The van der Waals surface area contributed by atoms with E-state index < -0.39 is 5.97 Å². The molecule has 0 unspecified atom stereocenters. The third kappa shape index (κ3) is 2.79. The first kappa shape index (κ1) is 14.1. The monoisotopic (exact) mass is 271 g/mol. The Hall–Kier alpha value is -2.36. The number of nitrogens with one attached hydrogen (secondary N) is 1. The molecule has 20 heavy (non-hydrogen) atoms. The molecular formula is C16H17NO3. The number of rotatable bonds is 5. The minimum Gasteiger partial charge on any atom is -0.462 e. The number of ketones is 1. The van der Waals surface area contributed by atoms with E-state index >= 15 is 0 Å². The first-order valence-corrected chi connectivity index (χ1v) is 6.65. The maximum Gasteiger partial charge on any atom is 0.338 e. The third-order valence-electron chi connectivity index (χ3n) is 3.08. The Bertz CT molecular complexity index is 628. The topological polar surface area (TPSA) is 59.2 Å². The van der Waals surface area contributed by atoms with Crippen molar-refractivity contribution in [1.82, 2.24) is 4.98 Å². The molecule has 4 nitrogen and oxygen atoms in total. The van der Waals surface area contributed by atoms with Crippen molar-refractivity contribution in [1.29, 1.82) is 0 Å². The maximum atomic E-state index is 12.4. The number of H-pyrrole nitrogens is 1. The quantitative estimate of drug-likeness (QED) is 0.671. The van der Waals surface area contributed by atoms with E-state index in [1.54, 1.807) is 37.4 Å². The molecule has 0 saturated carbocycles. The molecule has 1 aromatic carbocycles. The molecule has 0 atom stereocenters. The summed E-state index contributed by atoms with van der Waals surface area (Å²) < 4.78 is 4.94. The number of benzene rings is 1. The second-order valence-electron chi connectivity index (χ2n) is 4.36. The SMILES string of the molecule is CCOC(=O)c1cccc(C(=O)c2[nH]ccc2CC)c1. The molecule has 2 aromatic rings. The molecule has 0 radical (unpaired) electrons. The van der Waals surface area contributed by atoms with Crippen LogP contribution in [-0.2, 0) is 11.2 Å². The van der Waals surface area contributed by atoms with Gasteiger partial charge in [-0.05, 0) is 37.1 Å². The van der Waals surface area contributed by atoms with Gasteiger partial charge in [-0.15, -0.1) is 0 Å². The van der Waals surface area contributed by atoms with Crippen LogP contribution in [0.4, 0.5) is 0 Å². The van der Waals surface area contributed by atoms with Crippen LogP contribution in [0.2, 0.25) is 0 Å². The average molecular weight is 271 g/mol. The maximum absolute atomic E-state index is 12.4. The van der Waals surface area contributed by atoms with E-state index in [0.717, 1.165) is 12.0 Å². The van der Waals surface area contributed by atoms with Crippen molar-refractivity contribution in [2.24, 2.45) is 0 Å². The van der Waals surface area contributed by atoms with Gasteiger partial charge < -0.3 is 9.72 Å². The van der Waals surface area contributed by atoms with Crippen LogP contribution in [0.15, 0.2) is 36.5 Å². The minimum atomic E-state index is -0.413. The van der Waals surface area contributed by atoms with E-state index in [1.807, 2.05) is 13.0 Å². The lowest BCUT2D eigenvalue weighted by atomic mass is 10.0. The van der Waals surface area contributed by atoms with Crippen LogP contribution >= 0.6 is 0 Å². The summed E-state index contributed by atoms with van der Waals surface area (Å²) in [4.78, 5) is 27.1. The second kappa shape index (κ2) is 6.19. The fraction of sp³-hybridized carbons (Fsp3) is 0.250. The van der Waals surface area contributed by atoms with E-state index in [0.29, 0.717) is 23.4 Å². The highest BCUT2D eigenvalue weighted by Gasteiger charge is 2.16. The molecule has 0 fully saturated rings. The average Bonchev–Trinajstić information content (AvgIpc) is 2.95. The van der Waals surface area contributed by atoms with Gasteiger partial charge >= 0.3 is 5.97 Å². The zero-order chi connectivity index (χ0) is 14.5. The van der Waals surface area contributed by atoms with Crippen molar-refractivity contribution in [2.45, 2.75) is 20.3 Å². The molecule has 0 saturated heterocycles. The summed E-state index contributed by atoms with van der Waals surface area (Å²) >= 11 is 0. The Kier molecular flexibility index (Phi) is 4.35. The first-order chi connectivity index (χ1) is 9.67. The highest BCUT2D eigenvalue weighted by atomic mass is 16.5. The Balaban J connectivity index is 2.31. The van der Waals surface area contributed by atoms with Gasteiger partial charge in [0.15, 0.2) is 0 Å². The van der Waals surface area contributed by atoms with E-state index in [2.05, 4.69) is 4.98 Å². The lowest BCUT2D eigenvalue weighted by molar-refractivity contribution is 0.0526. The Morgan fingerprint density at radius 1 is 1.15 bits per heavy atom. The predicted octanol–water partition coefficient (Wildman–Crippen LogP) is 2.98. The van der Waals surface area contributed by atoms with Crippen LogP contribution in [-0.4, -0.2) is 23.3 Å². The third-order valence-corrected chi connectivity index (χ3v) is 3.08. The summed E-state index contributed by atoms with van der Waals surface area (Å²) in [6, 6.07) is 8.49. The molecule has 104 valence electrons. The first-order valence-electron chi connectivity index (χ1n) is 6.65. The number of esters is 1. The lowest BCUT2D eigenvalue weighted by Gasteiger charge is -2.05. The molecule has 0 aliphatic rings. The molecule has 0 aliphatic heterocycles. The van der Waals surface area contributed by atoms with Crippen molar-refractivity contribution in [3.63, 3.8) is 0 Å². The number of aromatic amines is 1. The molecule has 4 heteroatoms. The van der Waals surface area contributed by atoms with Gasteiger partial charge in [-0.1, -0.05) is 19.1 Å². The van der Waals surface area contributed by atoms with Gasteiger partial charge in [0, 0.05) is 11.8 Å².